The van der Waals surface area contributed by atoms with Crippen LogP contribution in [-0.4, -0.2) is 14.9 Å². The van der Waals surface area contributed by atoms with Crippen molar-refractivity contribution in [3.05, 3.63) is 60.2 Å². The van der Waals surface area contributed by atoms with Crippen LogP contribution in [0.3, 0.4) is 0 Å². The first-order valence-electron chi connectivity index (χ1n) is 8.08. The van der Waals surface area contributed by atoms with E-state index in [0.29, 0.717) is 6.61 Å². The van der Waals surface area contributed by atoms with Gasteiger partial charge in [0.2, 0.25) is 8.32 Å². The van der Waals surface area contributed by atoms with Crippen LogP contribution in [-0.2, 0) is 26.2 Å². The zero-order chi connectivity index (χ0) is 16.9. The second-order valence-electron chi connectivity index (χ2n) is 6.56. The number of benzene rings is 1. The first-order valence-corrected chi connectivity index (χ1v) is 11.5. The summed E-state index contributed by atoms with van der Waals surface area (Å²) in [5, 5.41) is 2.69. The van der Waals surface area contributed by atoms with Gasteiger partial charge in [-0.1, -0.05) is 13.0 Å². The maximum Gasteiger partial charge on any atom is 4.00 e. The van der Waals surface area contributed by atoms with Crippen LogP contribution in [0.5, 0.6) is 11.5 Å². The minimum absolute atomic E-state index is 0. The molecule has 0 heterocycles. The Morgan fingerprint density at radius 2 is 1.69 bits per heavy atom. The quantitative estimate of drug-likeness (QED) is 0.377. The van der Waals surface area contributed by atoms with Gasteiger partial charge in [-0.3, -0.25) is 0 Å². The second-order valence-corrected chi connectivity index (χ2v) is 11.0. The van der Waals surface area contributed by atoms with Gasteiger partial charge in [-0.25, -0.2) is 6.07 Å². The summed E-state index contributed by atoms with van der Waals surface area (Å²) in [4.78, 5) is 0. The maximum atomic E-state index is 5.84. The van der Waals surface area contributed by atoms with Gasteiger partial charge in [0.1, 0.15) is 0 Å². The number of hydrogen-bond acceptors (Lipinski definition) is 2. The van der Waals surface area contributed by atoms with Gasteiger partial charge in [0.25, 0.3) is 0 Å². The Balaban J connectivity index is 0. The molecule has 0 aliphatic carbocycles. The van der Waals surface area contributed by atoms with Crippen LogP contribution in [0, 0.1) is 6.92 Å². The second kappa shape index (κ2) is 12.8. The molecule has 0 aromatic heterocycles. The molecule has 2 nitrogen and oxygen atoms in total. The molecule has 3 rings (SSSR count). The van der Waals surface area contributed by atoms with Crippen molar-refractivity contribution >= 4 is 19.1 Å². The number of fused-ring (bicyclic) bond motifs is 1. The van der Waals surface area contributed by atoms with Crippen molar-refractivity contribution in [1.29, 1.82) is 0 Å². The van der Waals surface area contributed by atoms with E-state index in [4.69, 9.17) is 9.16 Å². The van der Waals surface area contributed by atoms with E-state index in [1.807, 2.05) is 25.1 Å². The summed E-state index contributed by atoms with van der Waals surface area (Å²) in [6.45, 7) is 11.3. The number of ether oxygens (including phenoxy) is 1. The van der Waals surface area contributed by atoms with E-state index in [2.05, 4.69) is 63.0 Å². The van der Waals surface area contributed by atoms with E-state index in [-0.39, 0.29) is 51.0 Å². The molecule has 0 aliphatic heterocycles. The minimum atomic E-state index is -1.50. The van der Waals surface area contributed by atoms with Crippen LogP contribution in [0.1, 0.15) is 12.5 Å². The van der Waals surface area contributed by atoms with Crippen LogP contribution in [0.25, 0.3) is 10.8 Å². The zero-order valence-corrected chi connectivity index (χ0v) is 20.9. The van der Waals surface area contributed by atoms with Crippen molar-refractivity contribution in [3.8, 4) is 11.5 Å². The Morgan fingerprint density at radius 1 is 1.04 bits per heavy atom. The molecule has 140 valence electrons. The molecule has 3 aromatic rings. The van der Waals surface area contributed by atoms with Crippen molar-refractivity contribution in [2.75, 3.05) is 6.61 Å². The number of aryl methyl sites for hydroxylation is 1. The number of rotatable bonds is 4. The average molecular weight is 489 g/mol. The summed E-state index contributed by atoms with van der Waals surface area (Å²) in [7, 11) is -1.50. The Labute approximate surface area is 190 Å². The molecule has 0 N–H and O–H groups in total. The van der Waals surface area contributed by atoms with Crippen molar-refractivity contribution < 1.29 is 60.2 Å². The minimum Gasteiger partial charge on any atom is -1.00 e. The van der Waals surface area contributed by atoms with Gasteiger partial charge in [0.15, 0.2) is 0 Å². The molecule has 0 saturated carbocycles. The van der Waals surface area contributed by atoms with Gasteiger partial charge in [-0.15, -0.1) is 46.7 Å². The van der Waals surface area contributed by atoms with Gasteiger partial charge >= 0.3 is 26.2 Å². The molecule has 0 saturated heterocycles. The van der Waals surface area contributed by atoms with E-state index in [1.54, 1.807) is 0 Å². The summed E-state index contributed by atoms with van der Waals surface area (Å²) in [5.74, 6) is 1.76. The molecule has 0 spiro atoms. The van der Waals surface area contributed by atoms with E-state index in [9.17, 15) is 0 Å². The molecule has 0 fully saturated rings. The SMILES string of the molecule is CCO[c-]1cccc1O[Si](C)(C)C.Cc1cc2ccccc2[cH-]1.[Cl-].[Cl-].[Zr+4]. The molecule has 0 unspecified atom stereocenters. The summed E-state index contributed by atoms with van der Waals surface area (Å²) in [6.07, 6.45) is 0. The summed E-state index contributed by atoms with van der Waals surface area (Å²) >= 11 is 0. The molecule has 0 amide bonds. The normalized spacial score (nSPS) is 9.73. The Kier molecular flexibility index (Phi) is 13.6. The fraction of sp³-hybridized carbons (Fsp3) is 0.300. The Hall–Kier alpha value is -0.540. The van der Waals surface area contributed by atoms with Gasteiger partial charge in [0, 0.05) is 11.5 Å². The number of halogens is 2. The van der Waals surface area contributed by atoms with Gasteiger partial charge in [-0.05, 0) is 26.6 Å². The zero-order valence-electron chi connectivity index (χ0n) is 16.0. The first kappa shape index (κ1) is 27.7. The molecule has 26 heavy (non-hydrogen) atoms. The molecule has 3 aromatic carbocycles. The molecule has 6 heteroatoms. The third kappa shape index (κ3) is 8.90. The topological polar surface area (TPSA) is 18.5 Å². The predicted molar refractivity (Wildman–Crippen MR) is 101 cm³/mol. The third-order valence-corrected chi connectivity index (χ3v) is 4.05. The Bertz CT molecular complexity index is 714. The van der Waals surface area contributed by atoms with E-state index in [0.717, 1.165) is 11.5 Å². The molecule has 0 aliphatic rings. The molecular weight excluding hydrogens is 462 g/mol. The third-order valence-electron chi connectivity index (χ3n) is 3.22. The summed E-state index contributed by atoms with van der Waals surface area (Å²) < 4.78 is 11.3. The molecule has 0 radical (unpaired) electrons. The van der Waals surface area contributed by atoms with Crippen LogP contribution in [0.15, 0.2) is 54.6 Å². The monoisotopic (exact) mass is 486 g/mol. The largest absolute Gasteiger partial charge is 4.00 e. The standard InChI is InChI=1S/C10H17O2Si.C10H9.2ClH.Zr/c1-5-11-9-7-6-8-10(9)12-13(2,3)4;1-8-6-9-4-2-3-5-10(9)7-8;;;/h6-8H,5H2,1-4H3;2-7H,1H3;2*1H;/q2*-1;;;+4/p-2. The van der Waals surface area contributed by atoms with Crippen LogP contribution < -0.4 is 34.0 Å². The fourth-order valence-electron chi connectivity index (χ4n) is 2.38. The fourth-order valence-corrected chi connectivity index (χ4v) is 3.21. The van der Waals surface area contributed by atoms with Gasteiger partial charge < -0.3 is 34.0 Å². The van der Waals surface area contributed by atoms with E-state index in [1.165, 1.54) is 16.3 Å². The van der Waals surface area contributed by atoms with Crippen LogP contribution in [0.2, 0.25) is 19.6 Å². The first-order chi connectivity index (χ1) is 10.9. The average Bonchev–Trinajstić information content (AvgIpc) is 3.04. The van der Waals surface area contributed by atoms with E-state index < -0.39 is 8.32 Å². The number of hydrogen-bond donors (Lipinski definition) is 0. The maximum absolute atomic E-state index is 5.84. The van der Waals surface area contributed by atoms with E-state index >= 15 is 0 Å². The molecule has 0 atom stereocenters. The smallest absolute Gasteiger partial charge is 1.00 e. The van der Waals surface area contributed by atoms with Crippen molar-refractivity contribution in [2.45, 2.75) is 33.5 Å². The van der Waals surface area contributed by atoms with Crippen molar-refractivity contribution in [1.82, 2.24) is 0 Å². The molecular formula is C20H26Cl2O2SiZr. The predicted octanol–water partition coefficient (Wildman–Crippen LogP) is -0.109. The summed E-state index contributed by atoms with van der Waals surface area (Å²) in [5.41, 5.74) is 1.35. The van der Waals surface area contributed by atoms with Gasteiger partial charge in [0.05, 0.1) is 6.61 Å². The van der Waals surface area contributed by atoms with Crippen LogP contribution >= 0.6 is 0 Å². The summed E-state index contributed by atoms with van der Waals surface area (Å²) in [6, 6.07) is 18.7. The molecule has 0 bridgehead atoms. The van der Waals surface area contributed by atoms with Gasteiger partial charge in [-0.2, -0.15) is 12.1 Å². The Morgan fingerprint density at radius 3 is 2.27 bits per heavy atom. The van der Waals surface area contributed by atoms with Crippen molar-refractivity contribution in [3.63, 3.8) is 0 Å². The van der Waals surface area contributed by atoms with Crippen molar-refractivity contribution in [2.24, 2.45) is 0 Å². The van der Waals surface area contributed by atoms with Crippen LogP contribution in [0.4, 0.5) is 0 Å².